The van der Waals surface area contributed by atoms with Gasteiger partial charge >= 0.3 is 0 Å². The van der Waals surface area contributed by atoms with Gasteiger partial charge in [-0.05, 0) is 42.8 Å². The number of amides is 1. The first-order valence-electron chi connectivity index (χ1n) is 7.95. The van der Waals surface area contributed by atoms with Gasteiger partial charge in [0.1, 0.15) is 11.6 Å². The van der Waals surface area contributed by atoms with Crippen LogP contribution in [-0.4, -0.2) is 10.8 Å². The molecule has 0 saturated carbocycles. The van der Waals surface area contributed by atoms with Crippen molar-refractivity contribution in [2.45, 2.75) is 13.0 Å². The number of rotatable bonds is 5. The second-order valence-corrected chi connectivity index (χ2v) is 6.24. The highest BCUT2D eigenvalue weighted by Crippen LogP contribution is 2.32. The molecule has 0 spiro atoms. The number of nitrogens with one attached hydrogen (secondary N) is 1. The maximum absolute atomic E-state index is 13.0. The summed E-state index contributed by atoms with van der Waals surface area (Å²) < 4.78 is 18.5. The van der Waals surface area contributed by atoms with Crippen LogP contribution in [0.5, 0.6) is 0 Å². The molecule has 0 aliphatic rings. The number of halogens is 2. The van der Waals surface area contributed by atoms with Crippen molar-refractivity contribution in [3.8, 4) is 11.3 Å². The van der Waals surface area contributed by atoms with E-state index in [2.05, 4.69) is 5.32 Å². The zero-order valence-corrected chi connectivity index (χ0v) is 14.9. The summed E-state index contributed by atoms with van der Waals surface area (Å²) in [7, 11) is 0. The van der Waals surface area contributed by atoms with Gasteiger partial charge in [-0.1, -0.05) is 23.7 Å². The van der Waals surface area contributed by atoms with E-state index in [9.17, 15) is 19.3 Å². The highest BCUT2D eigenvalue weighted by molar-refractivity contribution is 6.33. The standard InChI is InChI=1S/C19H14ClFN2O4/c1-11(12-2-4-13(21)5-3-12)22-19(24)18-9-8-17(27-18)15-7-6-14(23(25)26)10-16(15)20/h2-11H,1H3,(H,22,24)/t11-/m0/s1. The van der Waals surface area contributed by atoms with Crippen molar-refractivity contribution in [2.75, 3.05) is 0 Å². The van der Waals surface area contributed by atoms with E-state index >= 15 is 0 Å². The Bertz CT molecular complexity index is 1000. The lowest BCUT2D eigenvalue weighted by atomic mass is 10.1. The van der Waals surface area contributed by atoms with E-state index in [-0.39, 0.29) is 28.3 Å². The van der Waals surface area contributed by atoms with Crippen molar-refractivity contribution >= 4 is 23.2 Å². The maximum atomic E-state index is 13.0. The molecule has 0 aliphatic heterocycles. The minimum Gasteiger partial charge on any atom is -0.451 e. The lowest BCUT2D eigenvalue weighted by Crippen LogP contribution is -2.26. The van der Waals surface area contributed by atoms with Gasteiger partial charge in [-0.2, -0.15) is 0 Å². The summed E-state index contributed by atoms with van der Waals surface area (Å²) in [4.78, 5) is 22.6. The minimum atomic E-state index is -0.548. The predicted octanol–water partition coefficient (Wildman–Crippen LogP) is 5.14. The summed E-state index contributed by atoms with van der Waals surface area (Å²) in [6.45, 7) is 1.77. The van der Waals surface area contributed by atoms with Crippen molar-refractivity contribution in [1.82, 2.24) is 5.32 Å². The molecule has 0 aliphatic carbocycles. The van der Waals surface area contributed by atoms with Gasteiger partial charge in [-0.25, -0.2) is 4.39 Å². The van der Waals surface area contributed by atoms with Crippen molar-refractivity contribution in [3.63, 3.8) is 0 Å². The fourth-order valence-corrected chi connectivity index (χ4v) is 2.79. The molecular weight excluding hydrogens is 375 g/mol. The van der Waals surface area contributed by atoms with Gasteiger partial charge in [0.2, 0.25) is 0 Å². The first kappa shape index (κ1) is 18.6. The van der Waals surface area contributed by atoms with E-state index in [4.69, 9.17) is 16.0 Å². The number of carbonyl (C=O) groups excluding carboxylic acids is 1. The zero-order chi connectivity index (χ0) is 19.6. The second kappa shape index (κ2) is 7.59. The van der Waals surface area contributed by atoms with Crippen LogP contribution in [0, 0.1) is 15.9 Å². The van der Waals surface area contributed by atoms with Crippen LogP contribution in [-0.2, 0) is 0 Å². The summed E-state index contributed by atoms with van der Waals surface area (Å²) in [5.41, 5.74) is 1.05. The Balaban J connectivity index is 1.76. The smallest absolute Gasteiger partial charge is 0.287 e. The molecule has 0 bridgehead atoms. The molecule has 27 heavy (non-hydrogen) atoms. The van der Waals surface area contributed by atoms with Crippen LogP contribution in [0.1, 0.15) is 29.1 Å². The Kier molecular flexibility index (Phi) is 5.23. The molecule has 0 fully saturated rings. The molecule has 6 nitrogen and oxygen atoms in total. The van der Waals surface area contributed by atoms with Gasteiger partial charge in [0, 0.05) is 17.7 Å². The van der Waals surface area contributed by atoms with E-state index < -0.39 is 10.8 Å². The van der Waals surface area contributed by atoms with Gasteiger partial charge in [0.05, 0.1) is 16.0 Å². The third kappa shape index (κ3) is 4.15. The fraction of sp³-hybridized carbons (Fsp3) is 0.105. The molecule has 0 saturated heterocycles. The van der Waals surface area contributed by atoms with Crippen LogP contribution < -0.4 is 5.32 Å². The molecule has 3 aromatic rings. The number of nitro benzene ring substituents is 1. The van der Waals surface area contributed by atoms with Gasteiger partial charge < -0.3 is 9.73 Å². The third-order valence-corrected chi connectivity index (χ3v) is 4.29. The Hall–Kier alpha value is -3.19. The second-order valence-electron chi connectivity index (χ2n) is 5.83. The molecule has 2 aromatic carbocycles. The lowest BCUT2D eigenvalue weighted by Gasteiger charge is -2.13. The molecule has 3 rings (SSSR count). The molecule has 0 radical (unpaired) electrons. The monoisotopic (exact) mass is 388 g/mol. The summed E-state index contributed by atoms with van der Waals surface area (Å²) >= 11 is 6.08. The lowest BCUT2D eigenvalue weighted by molar-refractivity contribution is -0.384. The van der Waals surface area contributed by atoms with Crippen LogP contribution in [0.15, 0.2) is 59.0 Å². The van der Waals surface area contributed by atoms with Crippen molar-refractivity contribution in [1.29, 1.82) is 0 Å². The number of carbonyl (C=O) groups is 1. The Morgan fingerprint density at radius 2 is 1.89 bits per heavy atom. The molecular formula is C19H14ClFN2O4. The van der Waals surface area contributed by atoms with Crippen LogP contribution in [0.2, 0.25) is 5.02 Å². The van der Waals surface area contributed by atoms with E-state index in [0.29, 0.717) is 11.3 Å². The molecule has 1 atom stereocenters. The predicted molar refractivity (Wildman–Crippen MR) is 98.1 cm³/mol. The van der Waals surface area contributed by atoms with Crippen LogP contribution in [0.4, 0.5) is 10.1 Å². The van der Waals surface area contributed by atoms with Crippen LogP contribution in [0.25, 0.3) is 11.3 Å². The van der Waals surface area contributed by atoms with Gasteiger partial charge in [-0.15, -0.1) is 0 Å². The largest absolute Gasteiger partial charge is 0.451 e. The number of benzene rings is 2. The molecule has 138 valence electrons. The average Bonchev–Trinajstić information content (AvgIpc) is 3.12. The van der Waals surface area contributed by atoms with Gasteiger partial charge in [0.25, 0.3) is 11.6 Å². The quantitative estimate of drug-likeness (QED) is 0.484. The van der Waals surface area contributed by atoms with E-state index in [1.165, 1.54) is 36.4 Å². The average molecular weight is 389 g/mol. The molecule has 1 amide bonds. The van der Waals surface area contributed by atoms with E-state index in [0.717, 1.165) is 5.56 Å². The number of furan rings is 1. The first-order valence-corrected chi connectivity index (χ1v) is 8.33. The van der Waals surface area contributed by atoms with E-state index in [1.807, 2.05) is 0 Å². The van der Waals surface area contributed by atoms with Gasteiger partial charge in [0.15, 0.2) is 5.76 Å². The molecule has 1 N–H and O–H groups in total. The van der Waals surface area contributed by atoms with Crippen molar-refractivity contribution < 1.29 is 18.5 Å². The topological polar surface area (TPSA) is 85.4 Å². The SMILES string of the molecule is C[C@H](NC(=O)c1ccc(-c2ccc([N+](=O)[O-])cc2Cl)o1)c1ccc(F)cc1. The molecule has 1 heterocycles. The molecule has 0 unspecified atom stereocenters. The summed E-state index contributed by atoms with van der Waals surface area (Å²) in [5, 5.41) is 13.7. The van der Waals surface area contributed by atoms with Crippen LogP contribution in [0.3, 0.4) is 0 Å². The van der Waals surface area contributed by atoms with Crippen molar-refractivity contribution in [2.24, 2.45) is 0 Å². The zero-order valence-electron chi connectivity index (χ0n) is 14.1. The number of hydrogen-bond donors (Lipinski definition) is 1. The number of nitro groups is 1. The van der Waals surface area contributed by atoms with Gasteiger partial charge in [-0.3, -0.25) is 14.9 Å². The first-order chi connectivity index (χ1) is 12.8. The highest BCUT2D eigenvalue weighted by atomic mass is 35.5. The minimum absolute atomic E-state index is 0.0633. The fourth-order valence-electron chi connectivity index (χ4n) is 2.52. The Labute approximate surface area is 158 Å². The third-order valence-electron chi connectivity index (χ3n) is 3.98. The Morgan fingerprint density at radius 1 is 1.19 bits per heavy atom. The maximum Gasteiger partial charge on any atom is 0.287 e. The highest BCUT2D eigenvalue weighted by Gasteiger charge is 2.18. The summed E-state index contributed by atoms with van der Waals surface area (Å²) in [5.74, 6) is -0.424. The molecule has 1 aromatic heterocycles. The summed E-state index contributed by atoms with van der Waals surface area (Å²) in [6, 6.07) is 12.5. The molecule has 8 heteroatoms. The normalized spacial score (nSPS) is 11.8. The number of hydrogen-bond acceptors (Lipinski definition) is 4. The van der Waals surface area contributed by atoms with Crippen LogP contribution >= 0.6 is 11.6 Å². The Morgan fingerprint density at radius 3 is 2.52 bits per heavy atom. The number of non-ortho nitro benzene ring substituents is 1. The number of nitrogens with zero attached hydrogens (tertiary/aromatic N) is 1. The van der Waals surface area contributed by atoms with E-state index in [1.54, 1.807) is 25.1 Å². The summed E-state index contributed by atoms with van der Waals surface area (Å²) in [6.07, 6.45) is 0. The van der Waals surface area contributed by atoms with Crippen molar-refractivity contribution in [3.05, 3.63) is 86.9 Å².